The third kappa shape index (κ3) is 3.32. The molecule has 1 heterocycles. The van der Waals surface area contributed by atoms with Crippen LogP contribution in [0, 0.1) is 17.7 Å². The van der Waals surface area contributed by atoms with Crippen molar-refractivity contribution in [2.45, 2.75) is 20.4 Å². The van der Waals surface area contributed by atoms with Gasteiger partial charge in [0, 0.05) is 18.2 Å². The zero-order valence-corrected chi connectivity index (χ0v) is 13.1. The van der Waals surface area contributed by atoms with Crippen molar-refractivity contribution in [2.75, 3.05) is 6.61 Å². The van der Waals surface area contributed by atoms with E-state index in [2.05, 4.69) is 11.8 Å². The molecule has 0 spiro atoms. The van der Waals surface area contributed by atoms with E-state index in [1.807, 2.05) is 0 Å². The van der Waals surface area contributed by atoms with Crippen molar-refractivity contribution in [1.29, 1.82) is 0 Å². The Bertz CT molecular complexity index is 803. The van der Waals surface area contributed by atoms with Crippen LogP contribution in [-0.2, 0) is 6.54 Å². The van der Waals surface area contributed by atoms with Gasteiger partial charge in [-0.2, -0.15) is 0 Å². The zero-order chi connectivity index (χ0) is 16.1. The van der Waals surface area contributed by atoms with E-state index in [4.69, 9.17) is 16.3 Å². The summed E-state index contributed by atoms with van der Waals surface area (Å²) >= 11 is 5.83. The summed E-state index contributed by atoms with van der Waals surface area (Å²) in [6, 6.07) is 7.63. The summed E-state index contributed by atoms with van der Waals surface area (Å²) in [5.41, 5.74) is 0.471. The van der Waals surface area contributed by atoms with Crippen molar-refractivity contribution in [3.8, 4) is 28.8 Å². The van der Waals surface area contributed by atoms with E-state index >= 15 is 0 Å². The average molecular weight is 320 g/mol. The smallest absolute Gasteiger partial charge is 0.269 e. The van der Waals surface area contributed by atoms with Gasteiger partial charge in [-0.3, -0.25) is 4.79 Å². The highest BCUT2D eigenvalue weighted by atomic mass is 35.5. The molecule has 0 radical (unpaired) electrons. The van der Waals surface area contributed by atoms with E-state index in [-0.39, 0.29) is 17.2 Å². The first-order valence-corrected chi connectivity index (χ1v) is 7.18. The van der Waals surface area contributed by atoms with Crippen molar-refractivity contribution in [3.63, 3.8) is 0 Å². The second-order valence-electron chi connectivity index (χ2n) is 4.47. The van der Waals surface area contributed by atoms with Crippen LogP contribution in [0.5, 0.6) is 5.75 Å². The lowest BCUT2D eigenvalue weighted by Gasteiger charge is -2.13. The zero-order valence-electron chi connectivity index (χ0n) is 12.3. The maximum absolute atomic E-state index is 14.3. The highest BCUT2D eigenvalue weighted by Gasteiger charge is 2.12. The molecular weight excluding hydrogens is 305 g/mol. The lowest BCUT2D eigenvalue weighted by atomic mass is 10.1. The van der Waals surface area contributed by atoms with Crippen molar-refractivity contribution in [1.82, 2.24) is 4.57 Å². The van der Waals surface area contributed by atoms with Crippen molar-refractivity contribution < 1.29 is 9.13 Å². The van der Waals surface area contributed by atoms with Crippen LogP contribution in [0.4, 0.5) is 4.39 Å². The van der Waals surface area contributed by atoms with Gasteiger partial charge in [0.2, 0.25) is 0 Å². The molecular formula is C17H15ClFNO2. The van der Waals surface area contributed by atoms with Crippen LogP contribution in [0.3, 0.4) is 0 Å². The predicted molar refractivity (Wildman–Crippen MR) is 85.7 cm³/mol. The fourth-order valence-corrected chi connectivity index (χ4v) is 2.25. The van der Waals surface area contributed by atoms with Crippen LogP contribution in [0.1, 0.15) is 13.8 Å². The Morgan fingerprint density at radius 1 is 1.32 bits per heavy atom. The summed E-state index contributed by atoms with van der Waals surface area (Å²) in [6.45, 7) is 4.12. The third-order valence-electron chi connectivity index (χ3n) is 3.15. The van der Waals surface area contributed by atoms with Crippen LogP contribution in [-0.4, -0.2) is 11.2 Å². The fraction of sp³-hybridized carbons (Fsp3) is 0.235. The van der Waals surface area contributed by atoms with E-state index in [0.29, 0.717) is 23.6 Å². The topological polar surface area (TPSA) is 31.2 Å². The molecule has 1 aromatic carbocycles. The number of hydrogen-bond donors (Lipinski definition) is 0. The SMILES string of the molecule is CC#CCOc1ccc(-c2ccc(Cl)c(=O)n2CC)c(F)c1. The molecule has 0 unspecified atom stereocenters. The van der Waals surface area contributed by atoms with Gasteiger partial charge >= 0.3 is 0 Å². The Balaban J connectivity index is 2.43. The van der Waals surface area contributed by atoms with Crippen molar-refractivity contribution in [2.24, 2.45) is 0 Å². The monoisotopic (exact) mass is 319 g/mol. The predicted octanol–water partition coefficient (Wildman–Crippen LogP) is 3.73. The van der Waals surface area contributed by atoms with Gasteiger partial charge in [0.05, 0.1) is 5.69 Å². The molecule has 0 amide bonds. The number of halogens is 2. The Kier molecular flexibility index (Phi) is 5.24. The minimum atomic E-state index is -0.467. The van der Waals surface area contributed by atoms with E-state index < -0.39 is 5.82 Å². The molecule has 0 atom stereocenters. The quantitative estimate of drug-likeness (QED) is 0.804. The van der Waals surface area contributed by atoms with Crippen molar-refractivity contribution in [3.05, 3.63) is 51.5 Å². The second-order valence-corrected chi connectivity index (χ2v) is 4.88. The first-order chi connectivity index (χ1) is 10.6. The number of rotatable bonds is 4. The van der Waals surface area contributed by atoms with Gasteiger partial charge in [0.1, 0.15) is 23.2 Å². The molecule has 114 valence electrons. The molecule has 0 aliphatic heterocycles. The number of aromatic nitrogens is 1. The van der Waals surface area contributed by atoms with E-state index in [1.165, 1.54) is 16.7 Å². The van der Waals surface area contributed by atoms with Crippen LogP contribution in [0.25, 0.3) is 11.3 Å². The van der Waals surface area contributed by atoms with Gasteiger partial charge in [0.15, 0.2) is 0 Å². The summed E-state index contributed by atoms with van der Waals surface area (Å²) in [4.78, 5) is 12.0. The van der Waals surface area contributed by atoms with Gasteiger partial charge in [-0.15, -0.1) is 5.92 Å². The van der Waals surface area contributed by atoms with Crippen LogP contribution in [0.2, 0.25) is 5.02 Å². The number of nitrogens with zero attached hydrogens (tertiary/aromatic N) is 1. The Morgan fingerprint density at radius 3 is 2.73 bits per heavy atom. The van der Waals surface area contributed by atoms with Crippen molar-refractivity contribution >= 4 is 11.6 Å². The highest BCUT2D eigenvalue weighted by Crippen LogP contribution is 2.26. The molecule has 2 aromatic rings. The molecule has 2 rings (SSSR count). The van der Waals surface area contributed by atoms with E-state index in [0.717, 1.165) is 0 Å². The molecule has 3 nitrogen and oxygen atoms in total. The Morgan fingerprint density at radius 2 is 2.09 bits per heavy atom. The summed E-state index contributed by atoms with van der Waals surface area (Å²) in [7, 11) is 0. The molecule has 0 bridgehead atoms. The van der Waals surface area contributed by atoms with Gasteiger partial charge in [-0.05, 0) is 38.1 Å². The minimum Gasteiger partial charge on any atom is -0.481 e. The van der Waals surface area contributed by atoms with Crippen LogP contribution in [0.15, 0.2) is 35.1 Å². The average Bonchev–Trinajstić information content (AvgIpc) is 2.51. The lowest BCUT2D eigenvalue weighted by Crippen LogP contribution is -2.21. The normalized spacial score (nSPS) is 10.0. The third-order valence-corrected chi connectivity index (χ3v) is 3.44. The molecule has 0 fully saturated rings. The van der Waals surface area contributed by atoms with E-state index in [1.54, 1.807) is 32.0 Å². The fourth-order valence-electron chi connectivity index (χ4n) is 2.09. The molecule has 5 heteroatoms. The molecule has 22 heavy (non-hydrogen) atoms. The Hall–Kier alpha value is -2.25. The van der Waals surface area contributed by atoms with Gasteiger partial charge in [-0.1, -0.05) is 17.5 Å². The molecule has 1 aromatic heterocycles. The Labute approximate surface area is 133 Å². The number of ether oxygens (including phenoxy) is 1. The standard InChI is InChI=1S/C17H15ClFNO2/c1-3-5-10-22-12-6-7-13(15(19)11-12)16-9-8-14(18)17(21)20(16)4-2/h6-9,11H,4,10H2,1-2H3. The minimum absolute atomic E-state index is 0.115. The number of benzene rings is 1. The first-order valence-electron chi connectivity index (χ1n) is 6.80. The molecule has 0 saturated carbocycles. The molecule has 0 saturated heterocycles. The summed E-state index contributed by atoms with van der Waals surface area (Å²) < 4.78 is 21.1. The largest absolute Gasteiger partial charge is 0.481 e. The number of hydrogen-bond acceptors (Lipinski definition) is 2. The second kappa shape index (κ2) is 7.15. The highest BCUT2D eigenvalue weighted by molar-refractivity contribution is 6.30. The first kappa shape index (κ1) is 16.1. The van der Waals surface area contributed by atoms with Crippen LogP contribution < -0.4 is 10.3 Å². The maximum atomic E-state index is 14.3. The molecule has 0 aliphatic carbocycles. The molecule has 0 aliphatic rings. The van der Waals surface area contributed by atoms with Crippen LogP contribution >= 0.6 is 11.6 Å². The lowest BCUT2D eigenvalue weighted by molar-refractivity contribution is 0.368. The summed E-state index contributed by atoms with van der Waals surface area (Å²) in [5.74, 6) is 5.36. The van der Waals surface area contributed by atoms with Gasteiger partial charge in [-0.25, -0.2) is 4.39 Å². The number of pyridine rings is 1. The van der Waals surface area contributed by atoms with Gasteiger partial charge in [0.25, 0.3) is 5.56 Å². The van der Waals surface area contributed by atoms with Gasteiger partial charge < -0.3 is 9.30 Å². The summed E-state index contributed by atoms with van der Waals surface area (Å²) in [5, 5.41) is 0.115. The molecule has 0 N–H and O–H groups in total. The maximum Gasteiger partial charge on any atom is 0.269 e. The van der Waals surface area contributed by atoms with E-state index in [9.17, 15) is 9.18 Å². The summed E-state index contributed by atoms with van der Waals surface area (Å²) in [6.07, 6.45) is 0.